The fourth-order valence-electron chi connectivity index (χ4n) is 3.58. The molecule has 2 rings (SSSR count). The summed E-state index contributed by atoms with van der Waals surface area (Å²) in [5.74, 6) is 0.930. The number of rotatable bonds is 12. The first-order valence-electron chi connectivity index (χ1n) is 11.0. The Morgan fingerprint density at radius 2 is 1.77 bits per heavy atom. The smallest absolute Gasteiger partial charge is 0.254 e. The number of carbonyl (C=O) groups excluding carboxylic acids is 1. The number of benzene rings is 2. The molecular weight excluding hydrogens is 440 g/mol. The molecule has 2 aromatic rings. The van der Waals surface area contributed by atoms with E-state index in [1.54, 1.807) is 0 Å². The third kappa shape index (κ3) is 7.44. The summed E-state index contributed by atoms with van der Waals surface area (Å²) in [5, 5.41) is 0. The molecule has 0 aliphatic heterocycles. The van der Waals surface area contributed by atoms with Crippen molar-refractivity contribution >= 4 is 21.8 Å². The Morgan fingerprint density at radius 3 is 2.37 bits per heavy atom. The molecule has 0 heterocycles. The van der Waals surface area contributed by atoms with Gasteiger partial charge in [-0.1, -0.05) is 48.0 Å². The summed E-state index contributed by atoms with van der Waals surface area (Å²) in [6, 6.07) is 15.9. The Morgan fingerprint density at radius 1 is 1.07 bits per heavy atom. The number of ether oxygens (including phenoxy) is 1. The molecule has 1 atom stereocenters. The summed E-state index contributed by atoms with van der Waals surface area (Å²) in [6.07, 6.45) is 2.06. The van der Waals surface area contributed by atoms with E-state index in [0.29, 0.717) is 18.7 Å². The van der Waals surface area contributed by atoms with Crippen LogP contribution in [0, 0.1) is 0 Å². The second-order valence-electron chi connectivity index (χ2n) is 7.54. The van der Waals surface area contributed by atoms with Crippen molar-refractivity contribution in [1.29, 1.82) is 0 Å². The number of carbonyl (C=O) groups is 1. The van der Waals surface area contributed by atoms with Crippen molar-refractivity contribution in [2.75, 3.05) is 26.2 Å². The number of hydrogen-bond donors (Lipinski definition) is 0. The maximum Gasteiger partial charge on any atom is 0.254 e. The van der Waals surface area contributed by atoms with Crippen LogP contribution in [-0.4, -0.2) is 48.0 Å². The molecule has 1 amide bonds. The Balaban J connectivity index is 2.15. The maximum atomic E-state index is 13.4. The fraction of sp³-hybridized carbons (Fsp3) is 0.480. The molecule has 2 aromatic carbocycles. The SMILES string of the molecule is CCOc1ccc(CN(C(=O)c2cccc(Br)c2)C(C)CCCN(CC)CC)cc1. The van der Waals surface area contributed by atoms with Gasteiger partial charge >= 0.3 is 0 Å². The molecule has 1 unspecified atom stereocenters. The van der Waals surface area contributed by atoms with Gasteiger partial charge in [0.1, 0.15) is 5.75 Å². The van der Waals surface area contributed by atoms with Gasteiger partial charge in [-0.15, -0.1) is 0 Å². The number of hydrogen-bond acceptors (Lipinski definition) is 3. The maximum absolute atomic E-state index is 13.4. The van der Waals surface area contributed by atoms with E-state index in [1.165, 1.54) is 0 Å². The van der Waals surface area contributed by atoms with E-state index in [-0.39, 0.29) is 11.9 Å². The first-order chi connectivity index (χ1) is 14.5. The lowest BCUT2D eigenvalue weighted by Gasteiger charge is -2.30. The van der Waals surface area contributed by atoms with Gasteiger partial charge in [0.15, 0.2) is 0 Å². The molecule has 0 N–H and O–H groups in total. The van der Waals surface area contributed by atoms with Gasteiger partial charge in [-0.3, -0.25) is 4.79 Å². The quantitative estimate of drug-likeness (QED) is 0.378. The number of amides is 1. The molecule has 164 valence electrons. The van der Waals surface area contributed by atoms with Crippen LogP contribution in [0.15, 0.2) is 53.0 Å². The zero-order chi connectivity index (χ0) is 21.9. The van der Waals surface area contributed by atoms with Crippen molar-refractivity contribution in [3.63, 3.8) is 0 Å². The van der Waals surface area contributed by atoms with Crippen molar-refractivity contribution in [1.82, 2.24) is 9.80 Å². The van der Waals surface area contributed by atoms with E-state index in [0.717, 1.165) is 48.3 Å². The van der Waals surface area contributed by atoms with Gasteiger partial charge in [-0.2, -0.15) is 0 Å². The highest BCUT2D eigenvalue weighted by molar-refractivity contribution is 9.10. The summed E-state index contributed by atoms with van der Waals surface area (Å²) in [5.41, 5.74) is 1.82. The minimum absolute atomic E-state index is 0.0699. The van der Waals surface area contributed by atoms with Gasteiger partial charge in [0.05, 0.1) is 6.61 Å². The second kappa shape index (κ2) is 12.8. The monoisotopic (exact) mass is 474 g/mol. The van der Waals surface area contributed by atoms with Crippen LogP contribution in [0.5, 0.6) is 5.75 Å². The predicted octanol–water partition coefficient (Wildman–Crippen LogP) is 6.00. The molecule has 5 heteroatoms. The standard InChI is InChI=1S/C25H35BrN2O2/c1-5-27(6-2)17-9-10-20(4)28(25(29)22-11-8-12-23(26)18-22)19-21-13-15-24(16-14-21)30-7-3/h8,11-16,18,20H,5-7,9-10,17,19H2,1-4H3. The Bertz CT molecular complexity index is 775. The molecule has 0 aromatic heterocycles. The van der Waals surface area contributed by atoms with Gasteiger partial charge < -0.3 is 14.5 Å². The summed E-state index contributed by atoms with van der Waals surface area (Å²) in [6.45, 7) is 13.0. The average molecular weight is 475 g/mol. The molecule has 0 radical (unpaired) electrons. The molecule has 0 aliphatic carbocycles. The van der Waals surface area contributed by atoms with Crippen molar-refractivity contribution in [3.8, 4) is 5.75 Å². The van der Waals surface area contributed by atoms with Crippen molar-refractivity contribution in [3.05, 3.63) is 64.1 Å². The van der Waals surface area contributed by atoms with Crippen LogP contribution in [0.2, 0.25) is 0 Å². The molecular formula is C25H35BrN2O2. The van der Waals surface area contributed by atoms with Crippen molar-refractivity contribution in [2.45, 2.75) is 53.1 Å². The first kappa shape index (κ1) is 24.4. The largest absolute Gasteiger partial charge is 0.494 e. The minimum atomic E-state index is 0.0699. The van der Waals surface area contributed by atoms with Gasteiger partial charge in [0, 0.05) is 22.6 Å². The zero-order valence-electron chi connectivity index (χ0n) is 18.7. The molecule has 0 aliphatic rings. The van der Waals surface area contributed by atoms with Crippen molar-refractivity contribution in [2.24, 2.45) is 0 Å². The van der Waals surface area contributed by atoms with Gasteiger partial charge in [0.2, 0.25) is 0 Å². The molecule has 0 spiro atoms. The molecule has 0 bridgehead atoms. The molecule has 0 fully saturated rings. The van der Waals surface area contributed by atoms with E-state index in [9.17, 15) is 4.79 Å². The van der Waals surface area contributed by atoms with Crippen LogP contribution in [0.3, 0.4) is 0 Å². The van der Waals surface area contributed by atoms with Gasteiger partial charge in [-0.25, -0.2) is 0 Å². The lowest BCUT2D eigenvalue weighted by molar-refractivity contribution is 0.0662. The number of halogens is 1. The summed E-state index contributed by atoms with van der Waals surface area (Å²) in [7, 11) is 0. The number of nitrogens with zero attached hydrogens (tertiary/aromatic N) is 2. The second-order valence-corrected chi connectivity index (χ2v) is 8.45. The summed E-state index contributed by atoms with van der Waals surface area (Å²) in [4.78, 5) is 17.8. The highest BCUT2D eigenvalue weighted by Crippen LogP contribution is 2.20. The van der Waals surface area contributed by atoms with Crippen LogP contribution in [0.1, 0.15) is 56.5 Å². The predicted molar refractivity (Wildman–Crippen MR) is 128 cm³/mol. The topological polar surface area (TPSA) is 32.8 Å². The first-order valence-corrected chi connectivity index (χ1v) is 11.8. The Hall–Kier alpha value is -1.85. The van der Waals surface area contributed by atoms with Gasteiger partial charge in [0.25, 0.3) is 5.91 Å². The van der Waals surface area contributed by atoms with Crippen LogP contribution in [0.4, 0.5) is 0 Å². The molecule has 4 nitrogen and oxygen atoms in total. The van der Waals surface area contributed by atoms with E-state index in [1.807, 2.05) is 48.2 Å². The Kier molecular flexibility index (Phi) is 10.4. The molecule has 30 heavy (non-hydrogen) atoms. The lowest BCUT2D eigenvalue weighted by atomic mass is 10.1. The summed E-state index contributed by atoms with van der Waals surface area (Å²) < 4.78 is 6.47. The lowest BCUT2D eigenvalue weighted by Crippen LogP contribution is -2.38. The fourth-order valence-corrected chi connectivity index (χ4v) is 3.97. The van der Waals surface area contributed by atoms with E-state index in [4.69, 9.17) is 4.74 Å². The molecule has 0 saturated carbocycles. The van der Waals surface area contributed by atoms with Crippen LogP contribution in [0.25, 0.3) is 0 Å². The third-order valence-electron chi connectivity index (χ3n) is 5.44. The highest BCUT2D eigenvalue weighted by atomic mass is 79.9. The summed E-state index contributed by atoms with van der Waals surface area (Å²) >= 11 is 3.49. The average Bonchev–Trinajstić information content (AvgIpc) is 2.76. The minimum Gasteiger partial charge on any atom is -0.494 e. The zero-order valence-corrected chi connectivity index (χ0v) is 20.3. The van der Waals surface area contributed by atoms with E-state index < -0.39 is 0 Å². The normalized spacial score (nSPS) is 12.1. The Labute approximate surface area is 190 Å². The molecule has 0 saturated heterocycles. The highest BCUT2D eigenvalue weighted by Gasteiger charge is 2.22. The van der Waals surface area contributed by atoms with E-state index >= 15 is 0 Å². The van der Waals surface area contributed by atoms with Crippen LogP contribution in [-0.2, 0) is 6.54 Å². The van der Waals surface area contributed by atoms with Gasteiger partial charge in [-0.05, 0) is 82.2 Å². The third-order valence-corrected chi connectivity index (χ3v) is 5.94. The van der Waals surface area contributed by atoms with Crippen LogP contribution < -0.4 is 4.74 Å². The van der Waals surface area contributed by atoms with Crippen LogP contribution >= 0.6 is 15.9 Å². The van der Waals surface area contributed by atoms with E-state index in [2.05, 4.69) is 53.7 Å². The van der Waals surface area contributed by atoms with Crippen molar-refractivity contribution < 1.29 is 9.53 Å².